The Labute approximate surface area is 98.0 Å². The Balaban J connectivity index is 0.00000196. The number of nitrogens with one attached hydrogen (secondary N) is 1. The zero-order valence-electron chi connectivity index (χ0n) is 9.14. The van der Waals surface area contributed by atoms with Crippen LogP contribution < -0.4 is 10.5 Å². The van der Waals surface area contributed by atoms with Crippen LogP contribution in [0.1, 0.15) is 20.3 Å². The van der Waals surface area contributed by atoms with Gasteiger partial charge in [0.2, 0.25) is 0 Å². The molecule has 0 aliphatic carbocycles. The minimum Gasteiger partial charge on any atom is -0.326 e. The van der Waals surface area contributed by atoms with E-state index in [9.17, 15) is 8.42 Å². The topological polar surface area (TPSA) is 75.4 Å². The highest BCUT2D eigenvalue weighted by molar-refractivity contribution is 7.87. The second-order valence-electron chi connectivity index (χ2n) is 3.86. The third kappa shape index (κ3) is 3.88. The van der Waals surface area contributed by atoms with Crippen molar-refractivity contribution in [3.8, 4) is 0 Å². The van der Waals surface area contributed by atoms with Gasteiger partial charge in [0.05, 0.1) is 0 Å². The third-order valence-electron chi connectivity index (χ3n) is 2.51. The lowest BCUT2D eigenvalue weighted by Gasteiger charge is -2.16. The summed E-state index contributed by atoms with van der Waals surface area (Å²) in [5.41, 5.74) is 5.76. The molecule has 1 heterocycles. The van der Waals surface area contributed by atoms with E-state index in [4.69, 9.17) is 5.73 Å². The summed E-state index contributed by atoms with van der Waals surface area (Å²) in [6.07, 6.45) is 0.800. The van der Waals surface area contributed by atoms with Gasteiger partial charge in [0.15, 0.2) is 0 Å². The highest BCUT2D eigenvalue weighted by Gasteiger charge is 2.33. The number of nitrogens with two attached hydrogens (primary N) is 1. The number of nitrogens with zero attached hydrogens (tertiary/aromatic N) is 1. The summed E-state index contributed by atoms with van der Waals surface area (Å²) in [5, 5.41) is 0. The standard InChI is InChI=1S/C8H19N3O2S.ClH/c1-3-4-10-14(12,13)11-5-7(2)8(9)6-11;/h7-8,10H,3-6,9H2,1-2H3;1H. The van der Waals surface area contributed by atoms with E-state index in [-0.39, 0.29) is 24.4 Å². The average molecular weight is 258 g/mol. The fourth-order valence-electron chi connectivity index (χ4n) is 1.46. The highest BCUT2D eigenvalue weighted by atomic mass is 35.5. The van der Waals surface area contributed by atoms with Crippen LogP contribution in [0.5, 0.6) is 0 Å². The number of halogens is 1. The maximum Gasteiger partial charge on any atom is 0.279 e. The minimum atomic E-state index is -3.28. The highest BCUT2D eigenvalue weighted by Crippen LogP contribution is 2.16. The molecule has 0 radical (unpaired) electrons. The Morgan fingerprint density at radius 3 is 2.47 bits per heavy atom. The number of hydrogen-bond donors (Lipinski definition) is 2. The first-order chi connectivity index (χ1) is 6.47. The molecule has 15 heavy (non-hydrogen) atoms. The molecule has 0 aromatic rings. The molecule has 92 valence electrons. The molecule has 5 nitrogen and oxygen atoms in total. The molecule has 0 aromatic carbocycles. The Morgan fingerprint density at radius 1 is 1.47 bits per heavy atom. The number of hydrogen-bond acceptors (Lipinski definition) is 3. The van der Waals surface area contributed by atoms with Gasteiger partial charge in [-0.2, -0.15) is 12.7 Å². The van der Waals surface area contributed by atoms with E-state index < -0.39 is 10.2 Å². The molecule has 0 spiro atoms. The fourth-order valence-corrected chi connectivity index (χ4v) is 2.91. The van der Waals surface area contributed by atoms with Crippen LogP contribution in [0.2, 0.25) is 0 Å². The predicted molar refractivity (Wildman–Crippen MR) is 63.2 cm³/mol. The quantitative estimate of drug-likeness (QED) is 0.741. The molecular weight excluding hydrogens is 238 g/mol. The monoisotopic (exact) mass is 257 g/mol. The van der Waals surface area contributed by atoms with Crippen LogP contribution in [0.3, 0.4) is 0 Å². The molecule has 0 bridgehead atoms. The maximum absolute atomic E-state index is 11.6. The van der Waals surface area contributed by atoms with E-state index >= 15 is 0 Å². The molecule has 1 rings (SSSR count). The van der Waals surface area contributed by atoms with Gasteiger partial charge in [-0.25, -0.2) is 4.72 Å². The summed E-state index contributed by atoms with van der Waals surface area (Å²) in [5.74, 6) is 0.244. The van der Waals surface area contributed by atoms with Gasteiger partial charge in [-0.05, 0) is 12.3 Å². The molecule has 1 aliphatic heterocycles. The van der Waals surface area contributed by atoms with Crippen molar-refractivity contribution in [3.63, 3.8) is 0 Å². The summed E-state index contributed by atoms with van der Waals surface area (Å²) in [6.45, 7) is 5.35. The van der Waals surface area contributed by atoms with Crippen molar-refractivity contribution in [2.75, 3.05) is 19.6 Å². The summed E-state index contributed by atoms with van der Waals surface area (Å²) in [4.78, 5) is 0. The van der Waals surface area contributed by atoms with E-state index in [0.29, 0.717) is 19.6 Å². The van der Waals surface area contributed by atoms with Crippen molar-refractivity contribution in [1.29, 1.82) is 0 Å². The van der Waals surface area contributed by atoms with Crippen LogP contribution in [-0.2, 0) is 10.2 Å². The van der Waals surface area contributed by atoms with Gasteiger partial charge in [0, 0.05) is 25.7 Å². The number of rotatable bonds is 4. The van der Waals surface area contributed by atoms with E-state index in [1.165, 1.54) is 4.31 Å². The molecule has 2 unspecified atom stereocenters. The summed E-state index contributed by atoms with van der Waals surface area (Å²) < 4.78 is 27.2. The second kappa shape index (κ2) is 6.00. The largest absolute Gasteiger partial charge is 0.326 e. The molecule has 2 atom stereocenters. The molecule has 1 fully saturated rings. The summed E-state index contributed by atoms with van der Waals surface area (Å²) in [6, 6.07) is -0.0341. The van der Waals surface area contributed by atoms with Crippen LogP contribution in [0.15, 0.2) is 0 Å². The lowest BCUT2D eigenvalue weighted by molar-refractivity contribution is 0.453. The molecule has 1 saturated heterocycles. The molecule has 0 aromatic heterocycles. The molecule has 0 saturated carbocycles. The first-order valence-electron chi connectivity index (χ1n) is 4.97. The normalized spacial score (nSPS) is 27.7. The van der Waals surface area contributed by atoms with Crippen LogP contribution in [0.25, 0.3) is 0 Å². The Hall–Kier alpha value is 0.120. The molecule has 0 amide bonds. The van der Waals surface area contributed by atoms with Crippen LogP contribution in [0.4, 0.5) is 0 Å². The fraction of sp³-hybridized carbons (Fsp3) is 1.00. The van der Waals surface area contributed by atoms with E-state index in [1.54, 1.807) is 0 Å². The van der Waals surface area contributed by atoms with Crippen molar-refractivity contribution in [1.82, 2.24) is 9.03 Å². The van der Waals surface area contributed by atoms with Crippen LogP contribution >= 0.6 is 12.4 Å². The van der Waals surface area contributed by atoms with E-state index in [0.717, 1.165) is 6.42 Å². The maximum atomic E-state index is 11.6. The zero-order valence-corrected chi connectivity index (χ0v) is 10.8. The van der Waals surface area contributed by atoms with Crippen molar-refractivity contribution >= 4 is 22.6 Å². The van der Waals surface area contributed by atoms with E-state index in [2.05, 4.69) is 4.72 Å². The van der Waals surface area contributed by atoms with Gasteiger partial charge in [-0.15, -0.1) is 12.4 Å². The molecule has 7 heteroatoms. The molecular formula is C8H20ClN3O2S. The molecule has 3 N–H and O–H groups in total. The zero-order chi connectivity index (χ0) is 10.8. The van der Waals surface area contributed by atoms with Gasteiger partial charge in [-0.1, -0.05) is 13.8 Å². The van der Waals surface area contributed by atoms with Crippen molar-refractivity contribution < 1.29 is 8.42 Å². The van der Waals surface area contributed by atoms with Crippen molar-refractivity contribution in [3.05, 3.63) is 0 Å². The Morgan fingerprint density at radius 2 is 2.07 bits per heavy atom. The Kier molecular flexibility index (Phi) is 6.05. The smallest absolute Gasteiger partial charge is 0.279 e. The summed E-state index contributed by atoms with van der Waals surface area (Å²) >= 11 is 0. The van der Waals surface area contributed by atoms with E-state index in [1.807, 2.05) is 13.8 Å². The van der Waals surface area contributed by atoms with Gasteiger partial charge < -0.3 is 5.73 Å². The Bertz CT molecular complexity index is 274. The lowest BCUT2D eigenvalue weighted by atomic mass is 10.1. The SMILES string of the molecule is CCCNS(=O)(=O)N1CC(C)C(N)C1.Cl. The van der Waals surface area contributed by atoms with Crippen LogP contribution in [-0.4, -0.2) is 38.4 Å². The van der Waals surface area contributed by atoms with Crippen molar-refractivity contribution in [2.45, 2.75) is 26.3 Å². The van der Waals surface area contributed by atoms with Gasteiger partial charge in [0.1, 0.15) is 0 Å². The minimum absolute atomic E-state index is 0. The van der Waals surface area contributed by atoms with Crippen molar-refractivity contribution in [2.24, 2.45) is 11.7 Å². The third-order valence-corrected chi connectivity index (χ3v) is 4.06. The average Bonchev–Trinajstić information content (AvgIpc) is 2.45. The first-order valence-corrected chi connectivity index (χ1v) is 6.41. The van der Waals surface area contributed by atoms with Crippen LogP contribution in [0, 0.1) is 5.92 Å². The lowest BCUT2D eigenvalue weighted by Crippen LogP contribution is -2.40. The van der Waals surface area contributed by atoms with Gasteiger partial charge in [-0.3, -0.25) is 0 Å². The van der Waals surface area contributed by atoms with Gasteiger partial charge >= 0.3 is 0 Å². The molecule has 1 aliphatic rings. The van der Waals surface area contributed by atoms with Gasteiger partial charge in [0.25, 0.3) is 10.2 Å². The predicted octanol–water partition coefficient (Wildman–Crippen LogP) is -0.0684. The second-order valence-corrected chi connectivity index (χ2v) is 5.61. The first kappa shape index (κ1) is 15.1. The summed E-state index contributed by atoms with van der Waals surface area (Å²) in [7, 11) is -3.28.